The van der Waals surface area contributed by atoms with E-state index in [-0.39, 0.29) is 17.9 Å². The highest BCUT2D eigenvalue weighted by atomic mass is 16.3. The van der Waals surface area contributed by atoms with Crippen molar-refractivity contribution in [3.8, 4) is 0 Å². The summed E-state index contributed by atoms with van der Waals surface area (Å²) in [6.45, 7) is 2.30. The summed E-state index contributed by atoms with van der Waals surface area (Å²) < 4.78 is 5.56. The second kappa shape index (κ2) is 6.36. The summed E-state index contributed by atoms with van der Waals surface area (Å²) in [5.41, 5.74) is 0.446. The third-order valence-corrected chi connectivity index (χ3v) is 6.04. The zero-order valence-corrected chi connectivity index (χ0v) is 14.8. The van der Waals surface area contributed by atoms with E-state index in [1.54, 1.807) is 0 Å². The Balaban J connectivity index is 1.53. The van der Waals surface area contributed by atoms with Crippen molar-refractivity contribution in [3.63, 3.8) is 0 Å². The van der Waals surface area contributed by atoms with Crippen LogP contribution in [0.1, 0.15) is 62.9 Å². The minimum Gasteiger partial charge on any atom is -0.465 e. The van der Waals surface area contributed by atoms with Gasteiger partial charge in [-0.05, 0) is 51.2 Å². The van der Waals surface area contributed by atoms with Gasteiger partial charge in [0.15, 0.2) is 0 Å². The van der Waals surface area contributed by atoms with Crippen molar-refractivity contribution in [2.75, 3.05) is 0 Å². The molecule has 0 bridgehead atoms. The number of carbonyl (C=O) groups is 2. The van der Waals surface area contributed by atoms with Crippen LogP contribution in [0.5, 0.6) is 0 Å². The Morgan fingerprint density at radius 3 is 2.84 bits per heavy atom. The molecule has 1 unspecified atom stereocenters. The Bertz CT molecular complexity index is 714. The molecule has 5 heteroatoms. The molecule has 2 fully saturated rings. The highest BCUT2D eigenvalue weighted by Gasteiger charge is 2.52. The van der Waals surface area contributed by atoms with E-state index in [4.69, 9.17) is 4.42 Å². The summed E-state index contributed by atoms with van der Waals surface area (Å²) in [5.74, 6) is 1.86. The van der Waals surface area contributed by atoms with E-state index in [1.807, 2.05) is 24.0 Å². The molecule has 3 aliphatic rings. The maximum atomic E-state index is 13.1. The maximum absolute atomic E-state index is 13.1. The van der Waals surface area contributed by atoms with Gasteiger partial charge in [-0.15, -0.1) is 0 Å². The number of furan rings is 1. The van der Waals surface area contributed by atoms with Crippen LogP contribution in [0.25, 0.3) is 0 Å². The minimum absolute atomic E-state index is 0.0424. The number of fused-ring (bicyclic) bond motifs is 1. The minimum atomic E-state index is -0.530. The Hall–Kier alpha value is -2.04. The molecule has 1 N–H and O–H groups in total. The standard InChI is InChI=1S/C20H26N2O3/c1-14-8-9-16(25-14)13-21-19(24)20-11-4-7-17(20)22(18(23)10-12-20)15-5-2-3-6-15/h7-9,15H,2-6,10-13H2,1H3,(H,21,24). The second-order valence-corrected chi connectivity index (χ2v) is 7.61. The highest BCUT2D eigenvalue weighted by molar-refractivity contribution is 5.91. The number of aryl methyl sites for hydroxylation is 1. The van der Waals surface area contributed by atoms with Crippen molar-refractivity contribution in [2.45, 2.75) is 70.9 Å². The molecule has 1 atom stereocenters. The molecule has 0 aromatic carbocycles. The van der Waals surface area contributed by atoms with Gasteiger partial charge >= 0.3 is 0 Å². The van der Waals surface area contributed by atoms with Crippen LogP contribution in [0, 0.1) is 12.3 Å². The monoisotopic (exact) mass is 342 g/mol. The van der Waals surface area contributed by atoms with Crippen molar-refractivity contribution in [3.05, 3.63) is 35.4 Å². The summed E-state index contributed by atoms with van der Waals surface area (Å²) in [6.07, 6.45) is 9.40. The van der Waals surface area contributed by atoms with E-state index in [2.05, 4.69) is 11.4 Å². The topological polar surface area (TPSA) is 62.6 Å². The molecule has 2 heterocycles. The van der Waals surface area contributed by atoms with Gasteiger partial charge in [-0.2, -0.15) is 0 Å². The lowest BCUT2D eigenvalue weighted by atomic mass is 9.75. The molecular weight excluding hydrogens is 316 g/mol. The van der Waals surface area contributed by atoms with Gasteiger partial charge in [-0.1, -0.05) is 18.9 Å². The van der Waals surface area contributed by atoms with Gasteiger partial charge in [-0.25, -0.2) is 0 Å². The number of hydrogen-bond acceptors (Lipinski definition) is 3. The first-order valence-electron chi connectivity index (χ1n) is 9.46. The molecule has 1 aliphatic heterocycles. The van der Waals surface area contributed by atoms with Crippen LogP contribution < -0.4 is 5.32 Å². The first-order chi connectivity index (χ1) is 12.1. The molecule has 0 spiro atoms. The molecule has 5 nitrogen and oxygen atoms in total. The lowest BCUT2D eigenvalue weighted by molar-refractivity contribution is -0.141. The van der Waals surface area contributed by atoms with Gasteiger partial charge in [0, 0.05) is 18.2 Å². The van der Waals surface area contributed by atoms with Crippen molar-refractivity contribution in [2.24, 2.45) is 5.41 Å². The van der Waals surface area contributed by atoms with E-state index in [1.165, 1.54) is 12.8 Å². The van der Waals surface area contributed by atoms with E-state index in [9.17, 15) is 9.59 Å². The molecule has 25 heavy (non-hydrogen) atoms. The van der Waals surface area contributed by atoms with Crippen LogP contribution in [-0.4, -0.2) is 22.8 Å². The smallest absolute Gasteiger partial charge is 0.232 e. The summed E-state index contributed by atoms with van der Waals surface area (Å²) in [5, 5.41) is 3.06. The highest BCUT2D eigenvalue weighted by Crippen LogP contribution is 2.50. The third kappa shape index (κ3) is 2.79. The van der Waals surface area contributed by atoms with Crippen molar-refractivity contribution in [1.82, 2.24) is 10.2 Å². The number of nitrogens with zero attached hydrogens (tertiary/aromatic N) is 1. The molecule has 4 rings (SSSR count). The van der Waals surface area contributed by atoms with Crippen LogP contribution in [0.2, 0.25) is 0 Å². The SMILES string of the molecule is Cc1ccc(CNC(=O)C23CCC=C2N(C2CCCC2)C(=O)CC3)o1. The van der Waals surface area contributed by atoms with Gasteiger partial charge in [0.1, 0.15) is 11.5 Å². The van der Waals surface area contributed by atoms with Crippen molar-refractivity contribution < 1.29 is 14.0 Å². The van der Waals surface area contributed by atoms with Gasteiger partial charge in [0.25, 0.3) is 0 Å². The average Bonchev–Trinajstić information content (AvgIpc) is 3.33. The van der Waals surface area contributed by atoms with Gasteiger partial charge < -0.3 is 14.6 Å². The van der Waals surface area contributed by atoms with Crippen LogP contribution in [-0.2, 0) is 16.1 Å². The number of likely N-dealkylation sites (tertiary alicyclic amines) is 1. The molecule has 1 aromatic heterocycles. The predicted molar refractivity (Wildman–Crippen MR) is 93.4 cm³/mol. The normalized spacial score (nSPS) is 26.7. The number of carbonyl (C=O) groups excluding carboxylic acids is 2. The molecule has 134 valence electrons. The number of allylic oxidation sites excluding steroid dienone is 1. The fraction of sp³-hybridized carbons (Fsp3) is 0.600. The first kappa shape index (κ1) is 16.4. The molecule has 2 amide bonds. The summed E-state index contributed by atoms with van der Waals surface area (Å²) in [7, 11) is 0. The average molecular weight is 342 g/mol. The molecule has 0 radical (unpaired) electrons. The predicted octanol–water partition coefficient (Wildman–Crippen LogP) is 3.43. The van der Waals surface area contributed by atoms with Crippen molar-refractivity contribution >= 4 is 11.8 Å². The third-order valence-electron chi connectivity index (χ3n) is 6.04. The fourth-order valence-corrected chi connectivity index (χ4v) is 4.76. The van der Waals surface area contributed by atoms with Gasteiger partial charge in [0.05, 0.1) is 12.0 Å². The molecule has 1 saturated heterocycles. The van der Waals surface area contributed by atoms with Gasteiger partial charge in [-0.3, -0.25) is 9.59 Å². The van der Waals surface area contributed by atoms with Crippen LogP contribution in [0.15, 0.2) is 28.3 Å². The second-order valence-electron chi connectivity index (χ2n) is 7.61. The molecule has 2 aliphatic carbocycles. The Kier molecular flexibility index (Phi) is 4.18. The van der Waals surface area contributed by atoms with E-state index in [0.29, 0.717) is 19.4 Å². The number of hydrogen-bond donors (Lipinski definition) is 1. The van der Waals surface area contributed by atoms with E-state index in [0.717, 1.165) is 42.9 Å². The first-order valence-corrected chi connectivity index (χ1v) is 9.46. The lowest BCUT2D eigenvalue weighted by Gasteiger charge is -2.44. The quantitative estimate of drug-likeness (QED) is 0.912. The molecule has 1 aromatic rings. The van der Waals surface area contributed by atoms with E-state index < -0.39 is 5.41 Å². The zero-order chi connectivity index (χ0) is 17.4. The van der Waals surface area contributed by atoms with Crippen LogP contribution >= 0.6 is 0 Å². The Labute approximate surface area is 148 Å². The largest absolute Gasteiger partial charge is 0.465 e. The zero-order valence-electron chi connectivity index (χ0n) is 14.8. The number of amides is 2. The van der Waals surface area contributed by atoms with E-state index >= 15 is 0 Å². The fourth-order valence-electron chi connectivity index (χ4n) is 4.76. The van der Waals surface area contributed by atoms with Crippen LogP contribution in [0.4, 0.5) is 0 Å². The Morgan fingerprint density at radius 2 is 2.12 bits per heavy atom. The number of rotatable bonds is 4. The number of nitrogens with one attached hydrogen (secondary N) is 1. The lowest BCUT2D eigenvalue weighted by Crippen LogP contribution is -2.52. The maximum Gasteiger partial charge on any atom is 0.232 e. The summed E-state index contributed by atoms with van der Waals surface area (Å²) in [6, 6.07) is 4.09. The van der Waals surface area contributed by atoms with Crippen molar-refractivity contribution in [1.29, 1.82) is 0 Å². The molecule has 1 saturated carbocycles. The Morgan fingerprint density at radius 1 is 1.32 bits per heavy atom. The van der Waals surface area contributed by atoms with Gasteiger partial charge in [0.2, 0.25) is 11.8 Å². The molecular formula is C20H26N2O3. The summed E-state index contributed by atoms with van der Waals surface area (Å²) in [4.78, 5) is 27.7. The summed E-state index contributed by atoms with van der Waals surface area (Å²) >= 11 is 0. The van der Waals surface area contributed by atoms with Crippen LogP contribution in [0.3, 0.4) is 0 Å². The number of piperidine rings is 1.